The lowest BCUT2D eigenvalue weighted by Gasteiger charge is -2.33. The highest BCUT2D eigenvalue weighted by Crippen LogP contribution is 2.35. The Balaban J connectivity index is 1.66. The molecule has 1 unspecified atom stereocenters. The average molecular weight is 311 g/mol. The van der Waals surface area contributed by atoms with Gasteiger partial charge in [-0.05, 0) is 37.2 Å². The number of nitrogens with one attached hydrogen (secondary N) is 1. The van der Waals surface area contributed by atoms with Gasteiger partial charge < -0.3 is 10.2 Å². The molecule has 23 heavy (non-hydrogen) atoms. The topological polar surface area (TPSA) is 56.1 Å². The monoisotopic (exact) mass is 311 g/mol. The Hall–Kier alpha value is -2.02. The third-order valence-electron chi connectivity index (χ3n) is 5.27. The van der Waals surface area contributed by atoms with Crippen molar-refractivity contribution in [3.63, 3.8) is 0 Å². The second kappa shape index (κ2) is 7.50. The highest BCUT2D eigenvalue weighted by atomic mass is 16.2. The minimum atomic E-state index is 0.0298. The lowest BCUT2D eigenvalue weighted by atomic mass is 9.91. The van der Waals surface area contributed by atoms with Gasteiger partial charge in [-0.25, -0.2) is 4.79 Å². The van der Waals surface area contributed by atoms with E-state index in [1.54, 1.807) is 0 Å². The summed E-state index contributed by atoms with van der Waals surface area (Å²) in [5.41, 5.74) is 1.21. The number of benzene rings is 1. The van der Waals surface area contributed by atoms with Crippen LogP contribution in [0.25, 0.3) is 0 Å². The first-order valence-electron chi connectivity index (χ1n) is 8.78. The van der Waals surface area contributed by atoms with Gasteiger partial charge in [0.1, 0.15) is 0 Å². The molecule has 1 aromatic rings. The van der Waals surface area contributed by atoms with Crippen LogP contribution in [0.15, 0.2) is 30.3 Å². The van der Waals surface area contributed by atoms with Crippen LogP contribution < -0.4 is 5.32 Å². The van der Waals surface area contributed by atoms with Crippen molar-refractivity contribution in [2.24, 2.45) is 11.8 Å². The van der Waals surface area contributed by atoms with Gasteiger partial charge in [0.05, 0.1) is 12.1 Å². The third kappa shape index (κ3) is 3.85. The smallest absolute Gasteiger partial charge is 0.317 e. The zero-order valence-electron chi connectivity index (χ0n) is 13.6. The van der Waals surface area contributed by atoms with Gasteiger partial charge in [-0.2, -0.15) is 5.26 Å². The summed E-state index contributed by atoms with van der Waals surface area (Å²) in [5.74, 6) is 0.650. The van der Waals surface area contributed by atoms with Gasteiger partial charge in [-0.3, -0.25) is 0 Å². The molecule has 2 aliphatic rings. The molecule has 1 aliphatic heterocycles. The minimum Gasteiger partial charge on any atom is -0.331 e. The fourth-order valence-electron chi connectivity index (χ4n) is 3.86. The van der Waals surface area contributed by atoms with Crippen molar-refractivity contribution in [1.29, 1.82) is 5.26 Å². The van der Waals surface area contributed by atoms with E-state index in [2.05, 4.69) is 23.5 Å². The maximum atomic E-state index is 12.7. The first-order valence-corrected chi connectivity index (χ1v) is 8.78. The Bertz CT molecular complexity index is 552. The van der Waals surface area contributed by atoms with Gasteiger partial charge in [0.15, 0.2) is 0 Å². The summed E-state index contributed by atoms with van der Waals surface area (Å²) in [6, 6.07) is 12.8. The predicted octanol–water partition coefficient (Wildman–Crippen LogP) is 3.86. The van der Waals surface area contributed by atoms with Crippen LogP contribution in [0.1, 0.15) is 50.1 Å². The number of hydrogen-bond donors (Lipinski definition) is 1. The number of hydrogen-bond acceptors (Lipinski definition) is 2. The molecular formula is C19H25N3O. The predicted molar refractivity (Wildman–Crippen MR) is 89.6 cm³/mol. The molecule has 2 amide bonds. The second-order valence-electron chi connectivity index (χ2n) is 6.77. The van der Waals surface area contributed by atoms with Crippen molar-refractivity contribution < 1.29 is 4.79 Å². The molecule has 1 heterocycles. The summed E-state index contributed by atoms with van der Waals surface area (Å²) < 4.78 is 0. The van der Waals surface area contributed by atoms with Gasteiger partial charge >= 0.3 is 6.03 Å². The fraction of sp³-hybridized carbons (Fsp3) is 0.579. The van der Waals surface area contributed by atoms with Crippen molar-refractivity contribution in [2.75, 3.05) is 13.1 Å². The largest absolute Gasteiger partial charge is 0.331 e. The minimum absolute atomic E-state index is 0.0298. The molecule has 1 aromatic carbocycles. The van der Waals surface area contributed by atoms with Crippen LogP contribution in [0.3, 0.4) is 0 Å². The van der Waals surface area contributed by atoms with Crippen molar-refractivity contribution in [2.45, 2.75) is 44.6 Å². The maximum Gasteiger partial charge on any atom is 0.317 e. The number of likely N-dealkylation sites (tertiary alicyclic amines) is 1. The van der Waals surface area contributed by atoms with E-state index in [9.17, 15) is 4.79 Å². The summed E-state index contributed by atoms with van der Waals surface area (Å²) in [6.07, 6.45) is 6.49. The van der Waals surface area contributed by atoms with E-state index in [-0.39, 0.29) is 18.0 Å². The van der Waals surface area contributed by atoms with Gasteiger partial charge in [0.2, 0.25) is 0 Å². The molecule has 2 fully saturated rings. The average Bonchev–Trinajstić information content (AvgIpc) is 3.14. The quantitative estimate of drug-likeness (QED) is 0.921. The Morgan fingerprint density at radius 2 is 1.78 bits per heavy atom. The van der Waals surface area contributed by atoms with E-state index in [0.29, 0.717) is 19.0 Å². The molecule has 4 heteroatoms. The first-order chi connectivity index (χ1) is 11.3. The second-order valence-corrected chi connectivity index (χ2v) is 6.77. The van der Waals surface area contributed by atoms with E-state index in [4.69, 9.17) is 5.26 Å². The molecule has 0 bridgehead atoms. The normalized spacial score (nSPS) is 20.9. The number of rotatable bonds is 3. The first kappa shape index (κ1) is 15.9. The molecule has 3 rings (SSSR count). The van der Waals surface area contributed by atoms with E-state index in [0.717, 1.165) is 12.8 Å². The molecule has 1 atom stereocenters. The summed E-state index contributed by atoms with van der Waals surface area (Å²) in [4.78, 5) is 14.5. The van der Waals surface area contributed by atoms with Crippen LogP contribution in [-0.2, 0) is 0 Å². The van der Waals surface area contributed by atoms with Crippen LogP contribution >= 0.6 is 0 Å². The van der Waals surface area contributed by atoms with Gasteiger partial charge in [0.25, 0.3) is 0 Å². The molecule has 1 saturated heterocycles. The summed E-state index contributed by atoms with van der Waals surface area (Å²) in [7, 11) is 0. The number of amides is 2. The molecule has 0 aromatic heterocycles. The molecule has 122 valence electrons. The van der Waals surface area contributed by atoms with E-state index < -0.39 is 0 Å². The molecule has 1 saturated carbocycles. The number of piperidine rings is 1. The number of carbonyl (C=O) groups excluding carboxylic acids is 1. The molecule has 1 N–H and O–H groups in total. The molecule has 0 spiro atoms. The highest BCUT2D eigenvalue weighted by Gasteiger charge is 2.30. The lowest BCUT2D eigenvalue weighted by molar-refractivity contribution is 0.171. The summed E-state index contributed by atoms with van der Waals surface area (Å²) in [6.45, 7) is 1.38. The van der Waals surface area contributed by atoms with Crippen LogP contribution in [0.4, 0.5) is 4.79 Å². The van der Waals surface area contributed by atoms with E-state index in [1.807, 2.05) is 23.1 Å². The summed E-state index contributed by atoms with van der Waals surface area (Å²) >= 11 is 0. The van der Waals surface area contributed by atoms with Gasteiger partial charge in [-0.1, -0.05) is 43.2 Å². The Morgan fingerprint density at radius 1 is 1.13 bits per heavy atom. The number of nitrogens with zero attached hydrogens (tertiary/aromatic N) is 2. The van der Waals surface area contributed by atoms with Crippen LogP contribution in [0, 0.1) is 23.2 Å². The maximum absolute atomic E-state index is 12.7. The fourth-order valence-corrected chi connectivity index (χ4v) is 3.86. The van der Waals surface area contributed by atoms with Gasteiger partial charge in [-0.15, -0.1) is 0 Å². The summed E-state index contributed by atoms with van der Waals surface area (Å²) in [5, 5.41) is 12.3. The van der Waals surface area contributed by atoms with E-state index >= 15 is 0 Å². The Kier molecular flexibility index (Phi) is 5.17. The third-order valence-corrected chi connectivity index (χ3v) is 5.27. The standard InChI is InChI=1S/C19H25N3O/c20-14-15-10-12-22(13-11-15)19(23)21-18(17-8-4-5-9-17)16-6-2-1-3-7-16/h1-3,6-7,15,17-18H,4-5,8-13H2,(H,21,23). The number of urea groups is 1. The van der Waals surface area contributed by atoms with Crippen LogP contribution in [0.5, 0.6) is 0 Å². The molecule has 4 nitrogen and oxygen atoms in total. The SMILES string of the molecule is N#CC1CCN(C(=O)NC(c2ccccc2)C2CCCC2)CC1. The Labute approximate surface area is 138 Å². The molecular weight excluding hydrogens is 286 g/mol. The van der Waals surface area contributed by atoms with Crippen molar-refractivity contribution in [3.8, 4) is 6.07 Å². The van der Waals surface area contributed by atoms with Crippen molar-refractivity contribution >= 4 is 6.03 Å². The van der Waals surface area contributed by atoms with Crippen LogP contribution in [0.2, 0.25) is 0 Å². The number of carbonyl (C=O) groups is 1. The molecule has 0 radical (unpaired) electrons. The number of nitriles is 1. The Morgan fingerprint density at radius 3 is 2.39 bits per heavy atom. The zero-order valence-corrected chi connectivity index (χ0v) is 13.6. The van der Waals surface area contributed by atoms with E-state index in [1.165, 1.54) is 31.2 Å². The van der Waals surface area contributed by atoms with Gasteiger partial charge in [0, 0.05) is 19.0 Å². The molecule has 1 aliphatic carbocycles. The van der Waals surface area contributed by atoms with Crippen molar-refractivity contribution in [3.05, 3.63) is 35.9 Å². The van der Waals surface area contributed by atoms with Crippen LogP contribution in [-0.4, -0.2) is 24.0 Å². The highest BCUT2D eigenvalue weighted by molar-refractivity contribution is 5.75. The zero-order chi connectivity index (χ0) is 16.1. The van der Waals surface area contributed by atoms with Crippen molar-refractivity contribution in [1.82, 2.24) is 10.2 Å². The lowest BCUT2D eigenvalue weighted by Crippen LogP contribution is -2.46.